The lowest BCUT2D eigenvalue weighted by Gasteiger charge is -2.26. The molecule has 1 fully saturated rings. The van der Waals surface area contributed by atoms with Crippen LogP contribution in [0.3, 0.4) is 0 Å². The third kappa shape index (κ3) is 4.59. The number of aromatic nitrogens is 2. The summed E-state index contributed by atoms with van der Waals surface area (Å²) in [4.78, 5) is 14.9. The Kier molecular flexibility index (Phi) is 5.79. The van der Waals surface area contributed by atoms with Gasteiger partial charge in [-0.25, -0.2) is 4.79 Å². The van der Waals surface area contributed by atoms with Crippen molar-refractivity contribution in [3.63, 3.8) is 0 Å². The Bertz CT molecular complexity index is 955. The summed E-state index contributed by atoms with van der Waals surface area (Å²) in [7, 11) is 0. The van der Waals surface area contributed by atoms with Crippen LogP contribution in [0.4, 0.5) is 10.5 Å². The van der Waals surface area contributed by atoms with Crippen LogP contribution >= 0.6 is 0 Å². The monoisotopic (exact) mass is 390 g/mol. The van der Waals surface area contributed by atoms with Crippen molar-refractivity contribution >= 4 is 11.7 Å². The first-order valence-electron chi connectivity index (χ1n) is 10.0. The second kappa shape index (κ2) is 8.82. The van der Waals surface area contributed by atoms with Crippen LogP contribution in [-0.2, 0) is 6.54 Å². The van der Waals surface area contributed by atoms with Crippen LogP contribution < -0.4 is 10.1 Å². The largest absolute Gasteiger partial charge is 0.492 e. The summed E-state index contributed by atoms with van der Waals surface area (Å²) < 4.78 is 7.63. The molecule has 150 valence electrons. The highest BCUT2D eigenvalue weighted by Crippen LogP contribution is 2.34. The van der Waals surface area contributed by atoms with E-state index in [1.807, 2.05) is 58.2 Å². The van der Waals surface area contributed by atoms with Gasteiger partial charge in [-0.2, -0.15) is 5.10 Å². The molecule has 2 heterocycles. The molecule has 2 aromatic carbocycles. The van der Waals surface area contributed by atoms with Crippen molar-refractivity contribution in [1.82, 2.24) is 14.7 Å². The predicted molar refractivity (Wildman–Crippen MR) is 113 cm³/mol. The Morgan fingerprint density at radius 3 is 2.93 bits per heavy atom. The van der Waals surface area contributed by atoms with Crippen molar-refractivity contribution in [2.45, 2.75) is 32.4 Å². The summed E-state index contributed by atoms with van der Waals surface area (Å²) in [6, 6.07) is 17.8. The fourth-order valence-corrected chi connectivity index (χ4v) is 3.84. The lowest BCUT2D eigenvalue weighted by molar-refractivity contribution is 0.207. The first-order valence-corrected chi connectivity index (χ1v) is 10.0. The van der Waals surface area contributed by atoms with Gasteiger partial charge in [-0.05, 0) is 49.1 Å². The Morgan fingerprint density at radius 1 is 1.21 bits per heavy atom. The van der Waals surface area contributed by atoms with Gasteiger partial charge in [0.2, 0.25) is 0 Å². The number of hydrogen-bond donors (Lipinski definition) is 1. The van der Waals surface area contributed by atoms with E-state index in [1.54, 1.807) is 6.20 Å². The number of nitrogens with one attached hydrogen (secondary N) is 1. The molecule has 1 atom stereocenters. The number of urea groups is 1. The van der Waals surface area contributed by atoms with Gasteiger partial charge in [-0.15, -0.1) is 0 Å². The van der Waals surface area contributed by atoms with E-state index >= 15 is 0 Å². The number of ether oxygens (including phenoxy) is 1. The Balaban J connectivity index is 1.38. The number of hydrogen-bond acceptors (Lipinski definition) is 3. The summed E-state index contributed by atoms with van der Waals surface area (Å²) >= 11 is 0. The molecule has 0 radical (unpaired) electrons. The topological polar surface area (TPSA) is 59.4 Å². The zero-order valence-corrected chi connectivity index (χ0v) is 16.6. The molecular formula is C23H26N4O2. The van der Waals surface area contributed by atoms with Crippen molar-refractivity contribution < 1.29 is 9.53 Å². The summed E-state index contributed by atoms with van der Waals surface area (Å²) in [5, 5.41) is 7.20. The van der Waals surface area contributed by atoms with Gasteiger partial charge in [0, 0.05) is 30.7 Å². The fourth-order valence-electron chi connectivity index (χ4n) is 3.84. The second-order valence-electron chi connectivity index (χ2n) is 7.28. The minimum absolute atomic E-state index is 0.0653. The lowest BCUT2D eigenvalue weighted by atomic mass is 9.99. The van der Waals surface area contributed by atoms with Crippen LogP contribution in [-0.4, -0.2) is 33.9 Å². The molecule has 3 aromatic rings. The van der Waals surface area contributed by atoms with Gasteiger partial charge in [0.1, 0.15) is 12.4 Å². The molecule has 0 aliphatic carbocycles. The van der Waals surface area contributed by atoms with E-state index < -0.39 is 0 Å². The number of anilines is 1. The minimum Gasteiger partial charge on any atom is -0.492 e. The van der Waals surface area contributed by atoms with Crippen molar-refractivity contribution in [3.05, 3.63) is 78.1 Å². The zero-order valence-electron chi connectivity index (χ0n) is 16.6. The number of carbonyl (C=O) groups is 1. The Hall–Kier alpha value is -3.28. The van der Waals surface area contributed by atoms with Gasteiger partial charge >= 0.3 is 6.03 Å². The summed E-state index contributed by atoms with van der Waals surface area (Å²) in [5.74, 6) is 0.729. The summed E-state index contributed by atoms with van der Waals surface area (Å²) in [6.07, 6.45) is 5.66. The van der Waals surface area contributed by atoms with Gasteiger partial charge in [-0.1, -0.05) is 30.3 Å². The first kappa shape index (κ1) is 19.1. The predicted octanol–water partition coefficient (Wildman–Crippen LogP) is 4.64. The van der Waals surface area contributed by atoms with Gasteiger partial charge in [0.05, 0.1) is 12.6 Å². The first-order chi connectivity index (χ1) is 14.2. The maximum absolute atomic E-state index is 13.0. The van der Waals surface area contributed by atoms with Gasteiger partial charge in [-0.3, -0.25) is 4.68 Å². The van der Waals surface area contributed by atoms with Gasteiger partial charge < -0.3 is 15.0 Å². The molecule has 6 nitrogen and oxygen atoms in total. The molecule has 0 bridgehead atoms. The van der Waals surface area contributed by atoms with E-state index in [2.05, 4.69) is 29.5 Å². The number of carbonyl (C=O) groups excluding carboxylic acids is 1. The molecule has 1 aromatic heterocycles. The molecule has 1 N–H and O–H groups in total. The van der Waals surface area contributed by atoms with E-state index in [1.165, 1.54) is 11.1 Å². The van der Waals surface area contributed by atoms with E-state index in [0.717, 1.165) is 30.8 Å². The SMILES string of the molecule is Cc1ccccc1C1CCCN1C(=O)Nc1cccc(OCCn2cccn2)c1. The maximum atomic E-state index is 13.0. The van der Waals surface area contributed by atoms with Crippen LogP contribution in [0, 0.1) is 6.92 Å². The maximum Gasteiger partial charge on any atom is 0.322 e. The molecule has 1 aliphatic heterocycles. The van der Waals surface area contributed by atoms with Crippen LogP contribution in [0.1, 0.15) is 30.0 Å². The Morgan fingerprint density at radius 2 is 2.10 bits per heavy atom. The highest BCUT2D eigenvalue weighted by molar-refractivity contribution is 5.90. The molecule has 0 saturated carbocycles. The normalized spacial score (nSPS) is 16.0. The fraction of sp³-hybridized carbons (Fsp3) is 0.304. The average Bonchev–Trinajstić information content (AvgIpc) is 3.41. The Labute approximate surface area is 171 Å². The number of aryl methyl sites for hydroxylation is 1. The van der Waals surface area contributed by atoms with Crippen molar-refractivity contribution in [3.8, 4) is 5.75 Å². The lowest BCUT2D eigenvalue weighted by Crippen LogP contribution is -2.34. The van der Waals surface area contributed by atoms with Crippen molar-refractivity contribution in [2.24, 2.45) is 0 Å². The quantitative estimate of drug-likeness (QED) is 0.667. The van der Waals surface area contributed by atoms with E-state index in [-0.39, 0.29) is 12.1 Å². The number of nitrogens with zero attached hydrogens (tertiary/aromatic N) is 3. The highest BCUT2D eigenvalue weighted by Gasteiger charge is 2.30. The number of likely N-dealkylation sites (tertiary alicyclic amines) is 1. The van der Waals surface area contributed by atoms with E-state index in [0.29, 0.717) is 13.2 Å². The third-order valence-electron chi connectivity index (χ3n) is 5.29. The molecule has 0 spiro atoms. The molecule has 29 heavy (non-hydrogen) atoms. The standard InChI is InChI=1S/C23H26N4O2/c1-18-7-2-3-10-21(18)22-11-5-14-27(22)23(28)25-19-8-4-9-20(17-19)29-16-15-26-13-6-12-24-26/h2-4,6-10,12-13,17,22H,5,11,14-16H2,1H3,(H,25,28). The molecule has 1 saturated heterocycles. The number of amides is 2. The van der Waals surface area contributed by atoms with Gasteiger partial charge in [0.25, 0.3) is 0 Å². The minimum atomic E-state index is -0.0653. The average molecular weight is 390 g/mol. The number of benzene rings is 2. The molecule has 2 amide bonds. The molecular weight excluding hydrogens is 364 g/mol. The van der Waals surface area contributed by atoms with E-state index in [9.17, 15) is 4.79 Å². The third-order valence-corrected chi connectivity index (χ3v) is 5.29. The van der Waals surface area contributed by atoms with E-state index in [4.69, 9.17) is 4.74 Å². The molecule has 1 aliphatic rings. The van der Waals surface area contributed by atoms with Crippen molar-refractivity contribution in [2.75, 3.05) is 18.5 Å². The highest BCUT2D eigenvalue weighted by atomic mass is 16.5. The summed E-state index contributed by atoms with van der Waals surface area (Å²) in [5.41, 5.74) is 3.20. The van der Waals surface area contributed by atoms with Crippen LogP contribution in [0.25, 0.3) is 0 Å². The molecule has 1 unspecified atom stereocenters. The zero-order chi connectivity index (χ0) is 20.1. The second-order valence-corrected chi connectivity index (χ2v) is 7.28. The molecule has 6 heteroatoms. The smallest absolute Gasteiger partial charge is 0.322 e. The summed E-state index contributed by atoms with van der Waals surface area (Å²) in [6.45, 7) is 4.06. The number of rotatable bonds is 6. The van der Waals surface area contributed by atoms with Crippen LogP contribution in [0.15, 0.2) is 67.0 Å². The van der Waals surface area contributed by atoms with Gasteiger partial charge in [0.15, 0.2) is 0 Å². The van der Waals surface area contributed by atoms with Crippen LogP contribution in [0.5, 0.6) is 5.75 Å². The molecule has 4 rings (SSSR count). The van der Waals surface area contributed by atoms with Crippen LogP contribution in [0.2, 0.25) is 0 Å². The van der Waals surface area contributed by atoms with Crippen molar-refractivity contribution in [1.29, 1.82) is 0 Å².